The number of hydrogen-bond donors (Lipinski definition) is 1. The molecular formula is C22H26Cl2N2O2. The van der Waals surface area contributed by atoms with E-state index in [0.717, 1.165) is 11.1 Å². The summed E-state index contributed by atoms with van der Waals surface area (Å²) in [6.07, 6.45) is 1.46. The Labute approximate surface area is 176 Å². The third kappa shape index (κ3) is 5.98. The van der Waals surface area contributed by atoms with Crippen LogP contribution in [0.3, 0.4) is 0 Å². The van der Waals surface area contributed by atoms with Gasteiger partial charge in [0.25, 0.3) is 0 Å². The van der Waals surface area contributed by atoms with E-state index in [9.17, 15) is 9.59 Å². The SMILES string of the molecule is CC[C@H](C(=O)NC)N(Cc1ccc(Cl)cc1Cl)C(=O)CCc1ccc(C)cc1. The molecule has 0 radical (unpaired) electrons. The van der Waals surface area contributed by atoms with Gasteiger partial charge in [-0.2, -0.15) is 0 Å². The molecule has 0 saturated heterocycles. The molecule has 2 aromatic carbocycles. The number of nitrogens with zero attached hydrogens (tertiary/aromatic N) is 1. The van der Waals surface area contributed by atoms with Crippen LogP contribution in [0, 0.1) is 6.92 Å². The molecule has 0 fully saturated rings. The zero-order chi connectivity index (χ0) is 20.7. The molecule has 6 heteroatoms. The number of aryl methyl sites for hydroxylation is 2. The highest BCUT2D eigenvalue weighted by molar-refractivity contribution is 6.35. The molecule has 2 aromatic rings. The van der Waals surface area contributed by atoms with Crippen LogP contribution in [0.4, 0.5) is 0 Å². The van der Waals surface area contributed by atoms with E-state index in [4.69, 9.17) is 23.2 Å². The number of halogens is 2. The summed E-state index contributed by atoms with van der Waals surface area (Å²) in [6, 6.07) is 12.7. The fraction of sp³-hybridized carbons (Fsp3) is 0.364. The summed E-state index contributed by atoms with van der Waals surface area (Å²) in [5, 5.41) is 3.67. The van der Waals surface area contributed by atoms with Crippen LogP contribution in [0.25, 0.3) is 0 Å². The number of benzene rings is 2. The highest BCUT2D eigenvalue weighted by Gasteiger charge is 2.28. The minimum atomic E-state index is -0.553. The van der Waals surface area contributed by atoms with Crippen molar-refractivity contribution in [3.05, 3.63) is 69.2 Å². The van der Waals surface area contributed by atoms with Gasteiger partial charge in [-0.25, -0.2) is 0 Å². The van der Waals surface area contributed by atoms with Crippen LogP contribution in [0.2, 0.25) is 10.0 Å². The number of carbonyl (C=O) groups is 2. The van der Waals surface area contributed by atoms with E-state index >= 15 is 0 Å². The Morgan fingerprint density at radius 2 is 1.79 bits per heavy atom. The quantitative estimate of drug-likeness (QED) is 0.667. The monoisotopic (exact) mass is 420 g/mol. The van der Waals surface area contributed by atoms with Gasteiger partial charge in [-0.15, -0.1) is 0 Å². The van der Waals surface area contributed by atoms with Gasteiger partial charge in [0.05, 0.1) is 0 Å². The Hall–Kier alpha value is -2.04. The topological polar surface area (TPSA) is 49.4 Å². The molecule has 0 aliphatic carbocycles. The maximum absolute atomic E-state index is 13.1. The van der Waals surface area contributed by atoms with Crippen molar-refractivity contribution in [2.75, 3.05) is 7.05 Å². The molecule has 0 saturated carbocycles. The van der Waals surface area contributed by atoms with E-state index in [1.165, 1.54) is 5.56 Å². The van der Waals surface area contributed by atoms with Crippen molar-refractivity contribution in [1.82, 2.24) is 10.2 Å². The van der Waals surface area contributed by atoms with Gasteiger partial charge in [0.1, 0.15) is 6.04 Å². The first-order chi connectivity index (χ1) is 13.3. The Balaban J connectivity index is 2.21. The summed E-state index contributed by atoms with van der Waals surface area (Å²) in [5.41, 5.74) is 3.04. The lowest BCUT2D eigenvalue weighted by atomic mass is 10.1. The lowest BCUT2D eigenvalue weighted by Gasteiger charge is -2.30. The Kier molecular flexibility index (Phi) is 8.34. The molecule has 28 heavy (non-hydrogen) atoms. The summed E-state index contributed by atoms with van der Waals surface area (Å²) in [7, 11) is 1.58. The highest BCUT2D eigenvalue weighted by atomic mass is 35.5. The molecule has 2 amide bonds. The number of rotatable bonds is 8. The third-order valence-electron chi connectivity index (χ3n) is 4.74. The summed E-state index contributed by atoms with van der Waals surface area (Å²) < 4.78 is 0. The molecule has 1 atom stereocenters. The smallest absolute Gasteiger partial charge is 0.242 e. The van der Waals surface area contributed by atoms with Gasteiger partial charge in [-0.3, -0.25) is 9.59 Å². The van der Waals surface area contributed by atoms with Crippen molar-refractivity contribution in [3.63, 3.8) is 0 Å². The number of carbonyl (C=O) groups excluding carboxylic acids is 2. The summed E-state index contributed by atoms with van der Waals surface area (Å²) >= 11 is 12.3. The van der Waals surface area contributed by atoms with Gasteiger partial charge in [0.15, 0.2) is 0 Å². The molecule has 150 valence electrons. The Morgan fingerprint density at radius 1 is 1.11 bits per heavy atom. The fourth-order valence-electron chi connectivity index (χ4n) is 3.07. The second kappa shape index (κ2) is 10.5. The number of hydrogen-bond acceptors (Lipinski definition) is 2. The molecule has 0 spiro atoms. The van der Waals surface area contributed by atoms with Crippen molar-refractivity contribution in [2.45, 2.75) is 45.7 Å². The second-order valence-electron chi connectivity index (χ2n) is 6.78. The van der Waals surface area contributed by atoms with E-state index in [-0.39, 0.29) is 18.4 Å². The molecule has 0 heterocycles. The van der Waals surface area contributed by atoms with Gasteiger partial charge < -0.3 is 10.2 Å². The van der Waals surface area contributed by atoms with Gasteiger partial charge in [-0.1, -0.05) is 66.0 Å². The number of likely N-dealkylation sites (N-methyl/N-ethyl adjacent to an activating group) is 1. The van der Waals surface area contributed by atoms with Crippen molar-refractivity contribution < 1.29 is 9.59 Å². The molecule has 1 N–H and O–H groups in total. The summed E-state index contributed by atoms with van der Waals surface area (Å²) in [4.78, 5) is 27.0. The molecule has 0 aromatic heterocycles. The van der Waals surface area contributed by atoms with Gasteiger partial charge in [0, 0.05) is 30.1 Å². The Bertz CT molecular complexity index is 822. The van der Waals surface area contributed by atoms with Crippen LogP contribution in [0.5, 0.6) is 0 Å². The lowest BCUT2D eigenvalue weighted by molar-refractivity contribution is -0.141. The first-order valence-corrected chi connectivity index (χ1v) is 10.1. The standard InChI is InChI=1S/C22H26Cl2N2O2/c1-4-20(22(28)25-3)26(14-17-10-11-18(23)13-19(17)24)21(27)12-9-16-7-5-15(2)6-8-16/h5-8,10-11,13,20H,4,9,12,14H2,1-3H3,(H,25,28)/t20-/m1/s1. The molecular weight excluding hydrogens is 395 g/mol. The molecule has 4 nitrogen and oxygen atoms in total. The van der Waals surface area contributed by atoms with Gasteiger partial charge >= 0.3 is 0 Å². The zero-order valence-electron chi connectivity index (χ0n) is 16.5. The van der Waals surface area contributed by atoms with Crippen LogP contribution >= 0.6 is 23.2 Å². The van der Waals surface area contributed by atoms with Crippen molar-refractivity contribution in [2.24, 2.45) is 0 Å². The first-order valence-electron chi connectivity index (χ1n) is 9.36. The second-order valence-corrected chi connectivity index (χ2v) is 7.62. The van der Waals surface area contributed by atoms with E-state index < -0.39 is 6.04 Å². The summed E-state index contributed by atoms with van der Waals surface area (Å²) in [5.74, 6) is -0.265. The van der Waals surface area contributed by atoms with Crippen LogP contribution in [0.1, 0.15) is 36.5 Å². The lowest BCUT2D eigenvalue weighted by Crippen LogP contribution is -2.48. The average Bonchev–Trinajstić information content (AvgIpc) is 2.68. The summed E-state index contributed by atoms with van der Waals surface area (Å²) in [6.45, 7) is 4.18. The van der Waals surface area contributed by atoms with Crippen molar-refractivity contribution in [1.29, 1.82) is 0 Å². The molecule has 0 unspecified atom stereocenters. The average molecular weight is 421 g/mol. The van der Waals surface area contributed by atoms with Gasteiger partial charge in [-0.05, 0) is 43.0 Å². The van der Waals surface area contributed by atoms with Crippen LogP contribution in [-0.4, -0.2) is 29.8 Å². The maximum Gasteiger partial charge on any atom is 0.242 e. The van der Waals surface area contributed by atoms with Crippen molar-refractivity contribution in [3.8, 4) is 0 Å². The fourth-order valence-corrected chi connectivity index (χ4v) is 3.54. The highest BCUT2D eigenvalue weighted by Crippen LogP contribution is 2.24. The third-order valence-corrected chi connectivity index (χ3v) is 5.32. The molecule has 0 aliphatic heterocycles. The normalized spacial score (nSPS) is 11.8. The van der Waals surface area contributed by atoms with E-state index in [1.54, 1.807) is 30.1 Å². The van der Waals surface area contributed by atoms with E-state index in [0.29, 0.717) is 29.3 Å². The largest absolute Gasteiger partial charge is 0.357 e. The predicted octanol–water partition coefficient (Wildman–Crippen LogP) is 4.79. The molecule has 0 bridgehead atoms. The van der Waals surface area contributed by atoms with Crippen LogP contribution < -0.4 is 5.32 Å². The maximum atomic E-state index is 13.1. The minimum absolute atomic E-state index is 0.0814. The predicted molar refractivity (Wildman–Crippen MR) is 115 cm³/mol. The van der Waals surface area contributed by atoms with Crippen LogP contribution in [-0.2, 0) is 22.6 Å². The first kappa shape index (κ1) is 22.3. The zero-order valence-corrected chi connectivity index (χ0v) is 18.0. The van der Waals surface area contributed by atoms with Crippen LogP contribution in [0.15, 0.2) is 42.5 Å². The number of amides is 2. The van der Waals surface area contributed by atoms with E-state index in [1.807, 2.05) is 38.1 Å². The van der Waals surface area contributed by atoms with E-state index in [2.05, 4.69) is 5.32 Å². The molecule has 2 rings (SSSR count). The number of nitrogens with one attached hydrogen (secondary N) is 1. The Morgan fingerprint density at radius 3 is 2.36 bits per heavy atom. The van der Waals surface area contributed by atoms with Crippen molar-refractivity contribution >= 4 is 35.0 Å². The molecule has 0 aliphatic rings. The minimum Gasteiger partial charge on any atom is -0.357 e. The van der Waals surface area contributed by atoms with Gasteiger partial charge in [0.2, 0.25) is 11.8 Å².